The van der Waals surface area contributed by atoms with Crippen molar-refractivity contribution < 1.29 is 32.3 Å². The van der Waals surface area contributed by atoms with Gasteiger partial charge < -0.3 is 10.6 Å². The van der Waals surface area contributed by atoms with Gasteiger partial charge in [0.2, 0.25) is 5.91 Å². The monoisotopic (exact) mass is 397 g/mol. The van der Waals surface area contributed by atoms with Crippen molar-refractivity contribution in [1.82, 2.24) is 20.9 Å². The summed E-state index contributed by atoms with van der Waals surface area (Å²) in [7, 11) is 0. The number of rotatable bonds is 4. The lowest BCUT2D eigenvalue weighted by Crippen LogP contribution is -2.48. The number of halogens is 3. The molecule has 0 aliphatic carbocycles. The molecule has 1 atom stereocenters. The number of carbonyl (C=O) groups excluding carboxylic acids is 4. The van der Waals surface area contributed by atoms with Gasteiger partial charge in [0.05, 0.1) is 11.6 Å². The molecule has 1 unspecified atom stereocenters. The maximum atomic E-state index is 12.6. The molecule has 1 aromatic carbocycles. The largest absolute Gasteiger partial charge is 0.405 e. The number of hydrogen-bond acceptors (Lipinski definition) is 5. The number of carbonyl (C=O) groups is 4. The number of nitrogens with zero attached hydrogens (tertiary/aromatic N) is 2. The predicted molar refractivity (Wildman–Crippen MR) is 86.4 cm³/mol. The SMILES string of the molecule is CC1(c2cccc(C#N)c2)NC(=O)N(CC(=O)NC(=O)NCC(F)(F)F)C1=O. The molecule has 28 heavy (non-hydrogen) atoms. The fourth-order valence-corrected chi connectivity index (χ4v) is 2.47. The van der Waals surface area contributed by atoms with E-state index in [1.807, 2.05) is 6.07 Å². The molecule has 1 fully saturated rings. The third kappa shape index (κ3) is 4.56. The van der Waals surface area contributed by atoms with Crippen molar-refractivity contribution in [2.24, 2.45) is 0 Å². The van der Waals surface area contributed by atoms with Gasteiger partial charge in [0.25, 0.3) is 5.91 Å². The minimum atomic E-state index is -4.66. The van der Waals surface area contributed by atoms with Crippen LogP contribution in [0.15, 0.2) is 24.3 Å². The highest BCUT2D eigenvalue weighted by atomic mass is 19.4. The van der Waals surface area contributed by atoms with E-state index >= 15 is 0 Å². The second kappa shape index (κ2) is 7.55. The van der Waals surface area contributed by atoms with Crippen LogP contribution >= 0.6 is 0 Å². The number of nitriles is 1. The van der Waals surface area contributed by atoms with Gasteiger partial charge in [-0.2, -0.15) is 18.4 Å². The van der Waals surface area contributed by atoms with Crippen LogP contribution in [0.1, 0.15) is 18.1 Å². The molecular formula is C16H14F3N5O4. The Hall–Kier alpha value is -3.62. The Kier molecular flexibility index (Phi) is 5.58. The number of urea groups is 2. The average Bonchev–Trinajstić information content (AvgIpc) is 2.83. The van der Waals surface area contributed by atoms with E-state index in [1.165, 1.54) is 36.5 Å². The number of alkyl halides is 3. The molecule has 0 bridgehead atoms. The molecule has 1 saturated heterocycles. The Morgan fingerprint density at radius 3 is 2.61 bits per heavy atom. The lowest BCUT2D eigenvalue weighted by Gasteiger charge is -2.22. The smallest absolute Gasteiger partial charge is 0.329 e. The first-order valence-corrected chi connectivity index (χ1v) is 7.75. The average molecular weight is 397 g/mol. The first kappa shape index (κ1) is 20.7. The standard InChI is InChI=1S/C16H14F3N5O4/c1-15(10-4-2-3-9(5-10)6-20)12(26)24(14(28)23-15)7-11(25)22-13(27)21-8-16(17,18)19/h2-5H,7-8H2,1H3,(H,23,28)(H2,21,22,25,27). The van der Waals surface area contributed by atoms with Crippen LogP contribution in [-0.4, -0.2) is 48.0 Å². The molecule has 9 nitrogen and oxygen atoms in total. The van der Waals surface area contributed by atoms with E-state index in [4.69, 9.17) is 5.26 Å². The van der Waals surface area contributed by atoms with Crippen LogP contribution in [0.4, 0.5) is 22.8 Å². The van der Waals surface area contributed by atoms with Crippen LogP contribution in [-0.2, 0) is 15.1 Å². The van der Waals surface area contributed by atoms with Gasteiger partial charge in [-0.05, 0) is 24.6 Å². The summed E-state index contributed by atoms with van der Waals surface area (Å²) in [5, 5.41) is 14.4. The lowest BCUT2D eigenvalue weighted by molar-refractivity contribution is -0.134. The molecule has 12 heteroatoms. The van der Waals surface area contributed by atoms with E-state index in [-0.39, 0.29) is 5.56 Å². The Morgan fingerprint density at radius 1 is 1.32 bits per heavy atom. The quantitative estimate of drug-likeness (QED) is 0.644. The molecule has 1 aliphatic heterocycles. The fraction of sp³-hybridized carbons (Fsp3) is 0.312. The third-order valence-electron chi connectivity index (χ3n) is 3.85. The minimum absolute atomic E-state index is 0.248. The van der Waals surface area contributed by atoms with E-state index < -0.39 is 48.7 Å². The number of imide groups is 2. The molecule has 3 N–H and O–H groups in total. The molecule has 1 aliphatic rings. The van der Waals surface area contributed by atoms with Crippen molar-refractivity contribution in [3.05, 3.63) is 35.4 Å². The first-order chi connectivity index (χ1) is 13.0. The van der Waals surface area contributed by atoms with E-state index in [0.717, 1.165) is 0 Å². The van der Waals surface area contributed by atoms with Crippen molar-refractivity contribution in [2.45, 2.75) is 18.6 Å². The fourth-order valence-electron chi connectivity index (χ4n) is 2.47. The molecule has 148 valence electrons. The highest BCUT2D eigenvalue weighted by Crippen LogP contribution is 2.29. The summed E-state index contributed by atoms with van der Waals surface area (Å²) < 4.78 is 36.1. The highest BCUT2D eigenvalue weighted by Gasteiger charge is 2.49. The summed E-state index contributed by atoms with van der Waals surface area (Å²) in [6, 6.07) is 5.46. The zero-order valence-electron chi connectivity index (χ0n) is 14.4. The van der Waals surface area contributed by atoms with Gasteiger partial charge in [0, 0.05) is 0 Å². The second-order valence-electron chi connectivity index (χ2n) is 5.99. The van der Waals surface area contributed by atoms with Crippen molar-refractivity contribution in [1.29, 1.82) is 5.26 Å². The van der Waals surface area contributed by atoms with Gasteiger partial charge in [0.15, 0.2) is 0 Å². The number of hydrogen-bond donors (Lipinski definition) is 3. The number of amides is 6. The predicted octanol–water partition coefficient (Wildman–Crippen LogP) is 0.713. The topological polar surface area (TPSA) is 131 Å². The van der Waals surface area contributed by atoms with Gasteiger partial charge in [-0.25, -0.2) is 9.59 Å². The summed E-state index contributed by atoms with van der Waals surface area (Å²) in [4.78, 5) is 48.4. The number of benzene rings is 1. The van der Waals surface area contributed by atoms with Crippen molar-refractivity contribution in [2.75, 3.05) is 13.1 Å². The summed E-state index contributed by atoms with van der Waals surface area (Å²) in [5.74, 6) is -1.98. The molecule has 6 amide bonds. The van der Waals surface area contributed by atoms with Crippen LogP contribution in [0.2, 0.25) is 0 Å². The molecule has 1 heterocycles. The normalized spacial score (nSPS) is 19.0. The minimum Gasteiger partial charge on any atom is -0.329 e. The molecular weight excluding hydrogens is 383 g/mol. The van der Waals surface area contributed by atoms with E-state index in [2.05, 4.69) is 5.32 Å². The first-order valence-electron chi connectivity index (χ1n) is 7.75. The third-order valence-corrected chi connectivity index (χ3v) is 3.85. The molecule has 1 aromatic rings. The number of nitrogens with one attached hydrogen (secondary N) is 3. The maximum Gasteiger partial charge on any atom is 0.405 e. The van der Waals surface area contributed by atoms with Gasteiger partial charge in [-0.15, -0.1) is 0 Å². The molecule has 0 spiro atoms. The van der Waals surface area contributed by atoms with E-state index in [1.54, 1.807) is 5.32 Å². The van der Waals surface area contributed by atoms with Crippen LogP contribution in [0.3, 0.4) is 0 Å². The van der Waals surface area contributed by atoms with Crippen molar-refractivity contribution >= 4 is 23.9 Å². The molecule has 0 radical (unpaired) electrons. The van der Waals surface area contributed by atoms with Crippen LogP contribution in [0, 0.1) is 11.3 Å². The van der Waals surface area contributed by atoms with Crippen LogP contribution in [0.5, 0.6) is 0 Å². The van der Waals surface area contributed by atoms with Gasteiger partial charge in [-0.3, -0.25) is 19.8 Å². The summed E-state index contributed by atoms with van der Waals surface area (Å²) >= 11 is 0. The molecule has 0 aromatic heterocycles. The second-order valence-corrected chi connectivity index (χ2v) is 5.99. The van der Waals surface area contributed by atoms with Crippen molar-refractivity contribution in [3.63, 3.8) is 0 Å². The van der Waals surface area contributed by atoms with Crippen molar-refractivity contribution in [3.8, 4) is 6.07 Å². The van der Waals surface area contributed by atoms with Gasteiger partial charge >= 0.3 is 18.2 Å². The van der Waals surface area contributed by atoms with Gasteiger partial charge in [-0.1, -0.05) is 12.1 Å². The Labute approximate surface area is 156 Å². The molecule has 0 saturated carbocycles. The van der Waals surface area contributed by atoms with Crippen LogP contribution < -0.4 is 16.0 Å². The van der Waals surface area contributed by atoms with E-state index in [0.29, 0.717) is 10.5 Å². The Bertz CT molecular complexity index is 880. The zero-order chi connectivity index (χ0) is 21.1. The summed E-state index contributed by atoms with van der Waals surface area (Å²) in [6.45, 7) is -1.15. The van der Waals surface area contributed by atoms with Crippen LogP contribution in [0.25, 0.3) is 0 Å². The maximum absolute atomic E-state index is 12.6. The van der Waals surface area contributed by atoms with E-state index in [9.17, 15) is 32.3 Å². The lowest BCUT2D eigenvalue weighted by atomic mass is 9.91. The Balaban J connectivity index is 2.06. The molecule has 2 rings (SSSR count). The summed E-state index contributed by atoms with van der Waals surface area (Å²) in [6.07, 6.45) is -4.66. The summed E-state index contributed by atoms with van der Waals surface area (Å²) in [5.41, 5.74) is -1.00. The zero-order valence-corrected chi connectivity index (χ0v) is 14.4. The highest BCUT2D eigenvalue weighted by molar-refractivity contribution is 6.10. The van der Waals surface area contributed by atoms with Gasteiger partial charge in [0.1, 0.15) is 18.6 Å². The Morgan fingerprint density at radius 2 is 2.00 bits per heavy atom.